The van der Waals surface area contributed by atoms with Crippen molar-refractivity contribution in [1.29, 1.82) is 0 Å². The van der Waals surface area contributed by atoms with E-state index < -0.39 is 5.97 Å². The van der Waals surface area contributed by atoms with Crippen molar-refractivity contribution in [3.63, 3.8) is 0 Å². The number of carboxylic acids is 1. The minimum Gasteiger partial charge on any atom is -0.476 e. The second-order valence-corrected chi connectivity index (χ2v) is 6.24. The van der Waals surface area contributed by atoms with E-state index in [1.54, 1.807) is 0 Å². The van der Waals surface area contributed by atoms with Crippen LogP contribution in [0.25, 0.3) is 0 Å². The van der Waals surface area contributed by atoms with Crippen LogP contribution in [0.1, 0.15) is 67.0 Å². The summed E-state index contributed by atoms with van der Waals surface area (Å²) in [6.07, 6.45) is 6.58. The molecule has 0 bridgehead atoms. The topological polar surface area (TPSA) is 79.3 Å². The number of carbonyl (C=O) groups is 2. The predicted octanol–water partition coefficient (Wildman–Crippen LogP) is 2.99. The van der Waals surface area contributed by atoms with Crippen molar-refractivity contribution in [2.75, 3.05) is 0 Å². The molecule has 2 N–H and O–H groups in total. The van der Waals surface area contributed by atoms with Crippen molar-refractivity contribution >= 4 is 23.2 Å². The maximum absolute atomic E-state index is 11.9. The number of rotatable bonds is 6. The lowest BCUT2D eigenvalue weighted by Crippen LogP contribution is -2.26. The maximum atomic E-state index is 11.9. The standard InChI is InChI=1S/C14H20N2O3S/c1-9(13-16-11(8-20-13)14(18)19)15-12(17)7-6-10-4-2-3-5-10/h8-10H,2-7H2,1H3,(H,15,17)(H,18,19). The number of thiazole rings is 1. The molecular formula is C14H20N2O3S. The fraction of sp³-hybridized carbons (Fsp3) is 0.643. The number of amides is 1. The van der Waals surface area contributed by atoms with Gasteiger partial charge >= 0.3 is 5.97 Å². The smallest absolute Gasteiger partial charge is 0.355 e. The Balaban J connectivity index is 1.78. The molecule has 0 radical (unpaired) electrons. The normalized spacial score (nSPS) is 17.1. The van der Waals surface area contributed by atoms with Crippen LogP contribution in [0.2, 0.25) is 0 Å². The van der Waals surface area contributed by atoms with Gasteiger partial charge in [0.05, 0.1) is 6.04 Å². The number of hydrogen-bond donors (Lipinski definition) is 2. The van der Waals surface area contributed by atoms with Gasteiger partial charge in [-0.25, -0.2) is 9.78 Å². The number of hydrogen-bond acceptors (Lipinski definition) is 4. The summed E-state index contributed by atoms with van der Waals surface area (Å²) in [5, 5.41) is 13.8. The lowest BCUT2D eigenvalue weighted by atomic mass is 10.0. The van der Waals surface area contributed by atoms with E-state index in [-0.39, 0.29) is 17.6 Å². The molecular weight excluding hydrogens is 276 g/mol. The van der Waals surface area contributed by atoms with Gasteiger partial charge in [0.1, 0.15) is 5.01 Å². The number of carbonyl (C=O) groups excluding carboxylic acids is 1. The third kappa shape index (κ3) is 4.03. The molecule has 0 aliphatic heterocycles. The van der Waals surface area contributed by atoms with E-state index in [0.29, 0.717) is 17.3 Å². The Labute approximate surface area is 122 Å². The number of aromatic nitrogens is 1. The molecule has 1 heterocycles. The molecule has 1 amide bonds. The minimum atomic E-state index is -1.03. The van der Waals surface area contributed by atoms with Crippen LogP contribution in [-0.2, 0) is 4.79 Å². The highest BCUT2D eigenvalue weighted by Crippen LogP contribution is 2.28. The molecule has 1 aliphatic carbocycles. The fourth-order valence-corrected chi connectivity index (χ4v) is 3.39. The van der Waals surface area contributed by atoms with Crippen LogP contribution < -0.4 is 5.32 Å². The summed E-state index contributed by atoms with van der Waals surface area (Å²) in [5.74, 6) is -0.307. The van der Waals surface area contributed by atoms with Gasteiger partial charge in [0.2, 0.25) is 5.91 Å². The van der Waals surface area contributed by atoms with Gasteiger partial charge in [-0.1, -0.05) is 25.7 Å². The molecule has 5 nitrogen and oxygen atoms in total. The molecule has 1 aromatic heterocycles. The zero-order valence-electron chi connectivity index (χ0n) is 11.6. The molecule has 1 aromatic rings. The summed E-state index contributed by atoms with van der Waals surface area (Å²) in [5.41, 5.74) is 0.0389. The second-order valence-electron chi connectivity index (χ2n) is 5.35. The Bertz CT molecular complexity index is 481. The molecule has 6 heteroatoms. The molecule has 1 aliphatic rings. The first-order chi connectivity index (χ1) is 9.56. The van der Waals surface area contributed by atoms with E-state index in [4.69, 9.17) is 5.11 Å². The maximum Gasteiger partial charge on any atom is 0.355 e. The molecule has 0 aromatic carbocycles. The van der Waals surface area contributed by atoms with E-state index in [1.807, 2.05) is 6.92 Å². The first kappa shape index (κ1) is 15.0. The van der Waals surface area contributed by atoms with Gasteiger partial charge in [-0.2, -0.15) is 0 Å². The Kier molecular flexibility index (Phi) is 5.11. The van der Waals surface area contributed by atoms with Crippen LogP contribution in [-0.4, -0.2) is 22.0 Å². The van der Waals surface area contributed by atoms with Gasteiger partial charge in [-0.15, -0.1) is 11.3 Å². The zero-order valence-corrected chi connectivity index (χ0v) is 12.4. The second kappa shape index (κ2) is 6.83. The zero-order chi connectivity index (χ0) is 14.5. The molecule has 1 atom stereocenters. The van der Waals surface area contributed by atoms with Crippen molar-refractivity contribution < 1.29 is 14.7 Å². The third-order valence-corrected chi connectivity index (χ3v) is 4.77. The molecule has 1 unspecified atom stereocenters. The summed E-state index contributed by atoms with van der Waals surface area (Å²) in [7, 11) is 0. The molecule has 110 valence electrons. The summed E-state index contributed by atoms with van der Waals surface area (Å²) in [6.45, 7) is 1.83. The molecule has 2 rings (SSSR count). The lowest BCUT2D eigenvalue weighted by Gasteiger charge is -2.13. The fourth-order valence-electron chi connectivity index (χ4n) is 2.59. The van der Waals surface area contributed by atoms with Crippen LogP contribution in [0.4, 0.5) is 0 Å². The molecule has 1 fully saturated rings. The first-order valence-corrected chi connectivity index (χ1v) is 7.92. The highest BCUT2D eigenvalue weighted by Gasteiger charge is 2.18. The van der Waals surface area contributed by atoms with Crippen molar-refractivity contribution in [2.24, 2.45) is 5.92 Å². The van der Waals surface area contributed by atoms with Gasteiger partial charge in [-0.05, 0) is 19.3 Å². The van der Waals surface area contributed by atoms with Crippen LogP contribution >= 0.6 is 11.3 Å². The molecule has 20 heavy (non-hydrogen) atoms. The van der Waals surface area contributed by atoms with Crippen LogP contribution in [0.5, 0.6) is 0 Å². The van der Waals surface area contributed by atoms with Crippen molar-refractivity contribution in [2.45, 2.75) is 51.5 Å². The average Bonchev–Trinajstić information content (AvgIpc) is 3.07. The van der Waals surface area contributed by atoms with Gasteiger partial charge in [0.25, 0.3) is 0 Å². The van der Waals surface area contributed by atoms with Gasteiger partial charge in [0.15, 0.2) is 5.69 Å². The lowest BCUT2D eigenvalue weighted by molar-refractivity contribution is -0.122. The monoisotopic (exact) mass is 296 g/mol. The quantitative estimate of drug-likeness (QED) is 0.845. The van der Waals surface area contributed by atoms with E-state index in [0.717, 1.165) is 6.42 Å². The van der Waals surface area contributed by atoms with Crippen molar-refractivity contribution in [3.8, 4) is 0 Å². The number of nitrogens with one attached hydrogen (secondary N) is 1. The average molecular weight is 296 g/mol. The first-order valence-electron chi connectivity index (χ1n) is 7.04. The van der Waals surface area contributed by atoms with Crippen LogP contribution in [0, 0.1) is 5.92 Å². The highest BCUT2D eigenvalue weighted by molar-refractivity contribution is 7.09. The molecule has 1 saturated carbocycles. The summed E-state index contributed by atoms with van der Waals surface area (Å²) in [6, 6.07) is -0.232. The van der Waals surface area contributed by atoms with Gasteiger partial charge in [-0.3, -0.25) is 4.79 Å². The number of carboxylic acid groups (broad SMARTS) is 1. The molecule has 0 saturated heterocycles. The Morgan fingerprint density at radius 1 is 1.50 bits per heavy atom. The Morgan fingerprint density at radius 3 is 2.80 bits per heavy atom. The Morgan fingerprint density at radius 2 is 2.20 bits per heavy atom. The van der Waals surface area contributed by atoms with E-state index >= 15 is 0 Å². The third-order valence-electron chi connectivity index (χ3n) is 3.74. The van der Waals surface area contributed by atoms with Gasteiger partial charge < -0.3 is 10.4 Å². The number of nitrogens with zero attached hydrogens (tertiary/aromatic N) is 1. The van der Waals surface area contributed by atoms with Crippen molar-refractivity contribution in [3.05, 3.63) is 16.1 Å². The largest absolute Gasteiger partial charge is 0.476 e. The highest BCUT2D eigenvalue weighted by atomic mass is 32.1. The van der Waals surface area contributed by atoms with Crippen molar-refractivity contribution in [1.82, 2.24) is 10.3 Å². The SMILES string of the molecule is CC(NC(=O)CCC1CCCC1)c1nc(C(=O)O)cs1. The summed E-state index contributed by atoms with van der Waals surface area (Å²) in [4.78, 5) is 26.6. The number of aromatic carboxylic acids is 1. The summed E-state index contributed by atoms with van der Waals surface area (Å²) < 4.78 is 0. The Hall–Kier alpha value is -1.43. The van der Waals surface area contributed by atoms with Gasteiger partial charge in [0, 0.05) is 11.8 Å². The van der Waals surface area contributed by atoms with Crippen LogP contribution in [0.3, 0.4) is 0 Å². The van der Waals surface area contributed by atoms with E-state index in [1.165, 1.54) is 42.4 Å². The molecule has 0 spiro atoms. The minimum absolute atomic E-state index is 0.0245. The summed E-state index contributed by atoms with van der Waals surface area (Å²) >= 11 is 1.26. The van der Waals surface area contributed by atoms with E-state index in [2.05, 4.69) is 10.3 Å². The van der Waals surface area contributed by atoms with E-state index in [9.17, 15) is 9.59 Å². The predicted molar refractivity (Wildman–Crippen MR) is 76.8 cm³/mol. The van der Waals surface area contributed by atoms with Crippen LogP contribution in [0.15, 0.2) is 5.38 Å².